The van der Waals surface area contributed by atoms with Crippen molar-refractivity contribution in [3.63, 3.8) is 0 Å². The number of ether oxygens (including phenoxy) is 1. The van der Waals surface area contributed by atoms with E-state index in [9.17, 15) is 8.78 Å². The predicted molar refractivity (Wildman–Crippen MR) is 69.4 cm³/mol. The van der Waals surface area contributed by atoms with Crippen molar-refractivity contribution in [2.24, 2.45) is 0 Å². The van der Waals surface area contributed by atoms with E-state index in [1.54, 1.807) is 13.2 Å². The number of methoxy groups -OCH3 is 1. The fraction of sp³-hybridized carbons (Fsp3) is 0.429. The molecule has 0 aliphatic heterocycles. The van der Waals surface area contributed by atoms with Crippen LogP contribution in [0.25, 0.3) is 6.08 Å². The van der Waals surface area contributed by atoms with Crippen molar-refractivity contribution in [3.8, 4) is 0 Å². The highest BCUT2D eigenvalue weighted by Gasteiger charge is 2.03. The summed E-state index contributed by atoms with van der Waals surface area (Å²) in [6, 6.07) is 3.47. The molecule has 0 atom stereocenters. The molecular formula is C14H19F2NO. The lowest BCUT2D eigenvalue weighted by Crippen LogP contribution is -2.21. The van der Waals surface area contributed by atoms with Gasteiger partial charge in [-0.1, -0.05) is 18.6 Å². The highest BCUT2D eigenvalue weighted by molar-refractivity contribution is 5.53. The van der Waals surface area contributed by atoms with E-state index in [-0.39, 0.29) is 0 Å². The lowest BCUT2D eigenvalue weighted by atomic mass is 10.1. The van der Waals surface area contributed by atoms with Gasteiger partial charge in [0.25, 0.3) is 0 Å². The Morgan fingerprint density at radius 2 is 2.17 bits per heavy atom. The summed E-state index contributed by atoms with van der Waals surface area (Å²) in [4.78, 5) is 0. The summed E-state index contributed by atoms with van der Waals surface area (Å²) >= 11 is 0. The third kappa shape index (κ3) is 4.94. The summed E-state index contributed by atoms with van der Waals surface area (Å²) < 4.78 is 31.4. The molecule has 18 heavy (non-hydrogen) atoms. The van der Waals surface area contributed by atoms with Crippen molar-refractivity contribution in [1.29, 1.82) is 0 Å². The Morgan fingerprint density at radius 1 is 1.39 bits per heavy atom. The zero-order valence-corrected chi connectivity index (χ0v) is 10.8. The van der Waals surface area contributed by atoms with Crippen LogP contribution in [0.3, 0.4) is 0 Å². The predicted octanol–water partition coefficient (Wildman–Crippen LogP) is 2.99. The maximum Gasteiger partial charge on any atom is 0.130 e. The zero-order valence-electron chi connectivity index (χ0n) is 10.8. The van der Waals surface area contributed by atoms with Crippen LogP contribution in [0.4, 0.5) is 8.78 Å². The van der Waals surface area contributed by atoms with Crippen molar-refractivity contribution in [1.82, 2.24) is 5.32 Å². The first-order valence-corrected chi connectivity index (χ1v) is 6.01. The van der Waals surface area contributed by atoms with Gasteiger partial charge in [-0.05, 0) is 24.6 Å². The summed E-state index contributed by atoms with van der Waals surface area (Å²) in [7, 11) is 1.64. The van der Waals surface area contributed by atoms with Crippen molar-refractivity contribution in [3.05, 3.63) is 41.0 Å². The number of nitrogens with one attached hydrogen (secondary N) is 1. The van der Waals surface area contributed by atoms with Crippen LogP contribution in [-0.4, -0.2) is 26.8 Å². The molecule has 0 bridgehead atoms. The van der Waals surface area contributed by atoms with Gasteiger partial charge in [0.1, 0.15) is 11.6 Å². The highest BCUT2D eigenvalue weighted by atomic mass is 19.1. The van der Waals surface area contributed by atoms with E-state index in [2.05, 4.69) is 5.32 Å². The second kappa shape index (κ2) is 7.95. The van der Waals surface area contributed by atoms with Gasteiger partial charge in [-0.15, -0.1) is 0 Å². The average Bonchev–Trinajstić information content (AvgIpc) is 2.37. The van der Waals surface area contributed by atoms with E-state index in [1.807, 2.05) is 6.92 Å². The molecule has 0 heterocycles. The lowest BCUT2D eigenvalue weighted by molar-refractivity contribution is 0.200. The second-order valence-electron chi connectivity index (χ2n) is 3.99. The molecule has 0 saturated heterocycles. The maximum absolute atomic E-state index is 13.5. The summed E-state index contributed by atoms with van der Waals surface area (Å²) in [5.41, 5.74) is 1.32. The fourth-order valence-corrected chi connectivity index (χ4v) is 1.55. The molecule has 0 radical (unpaired) electrons. The summed E-state index contributed by atoms with van der Waals surface area (Å²) in [6.07, 6.45) is 2.48. The largest absolute Gasteiger partial charge is 0.383 e. The van der Waals surface area contributed by atoms with Gasteiger partial charge < -0.3 is 10.1 Å². The quantitative estimate of drug-likeness (QED) is 0.756. The Kier molecular flexibility index (Phi) is 6.54. The maximum atomic E-state index is 13.5. The minimum atomic E-state index is -0.426. The normalized spacial score (nSPS) is 11.9. The van der Waals surface area contributed by atoms with E-state index in [4.69, 9.17) is 4.74 Å². The fourth-order valence-electron chi connectivity index (χ4n) is 1.55. The Balaban J connectivity index is 2.68. The van der Waals surface area contributed by atoms with Crippen LogP contribution >= 0.6 is 0 Å². The van der Waals surface area contributed by atoms with E-state index in [1.165, 1.54) is 6.07 Å². The zero-order chi connectivity index (χ0) is 13.4. The molecule has 4 heteroatoms. The molecule has 0 unspecified atom stereocenters. The van der Waals surface area contributed by atoms with E-state index < -0.39 is 11.6 Å². The molecule has 1 rings (SSSR count). The third-order valence-corrected chi connectivity index (χ3v) is 2.61. The van der Waals surface area contributed by atoms with Crippen LogP contribution in [0.1, 0.15) is 18.9 Å². The van der Waals surface area contributed by atoms with Gasteiger partial charge in [0.05, 0.1) is 6.61 Å². The summed E-state index contributed by atoms with van der Waals surface area (Å²) in [5.74, 6) is -0.829. The molecule has 0 fully saturated rings. The Hall–Kier alpha value is -1.26. The Bertz CT molecular complexity index is 405. The van der Waals surface area contributed by atoms with Crippen LogP contribution < -0.4 is 5.32 Å². The van der Waals surface area contributed by atoms with E-state index in [0.717, 1.165) is 30.7 Å². The molecule has 0 saturated carbocycles. The van der Waals surface area contributed by atoms with Crippen LogP contribution in [0.15, 0.2) is 23.8 Å². The molecule has 0 aliphatic rings. The molecule has 2 nitrogen and oxygen atoms in total. The van der Waals surface area contributed by atoms with Gasteiger partial charge >= 0.3 is 0 Å². The van der Waals surface area contributed by atoms with Crippen molar-refractivity contribution in [2.75, 3.05) is 26.8 Å². The van der Waals surface area contributed by atoms with Gasteiger partial charge in [0.15, 0.2) is 0 Å². The van der Waals surface area contributed by atoms with Crippen molar-refractivity contribution >= 4 is 6.08 Å². The van der Waals surface area contributed by atoms with Gasteiger partial charge in [0.2, 0.25) is 0 Å². The summed E-state index contributed by atoms with van der Waals surface area (Å²) in [5, 5.41) is 3.18. The minimum absolute atomic E-state index is 0.292. The molecule has 0 aromatic heterocycles. The standard InChI is InChI=1S/C14H19F2NO/c1-3-11(10-17-6-7-18-2)8-12-9-13(15)4-5-14(12)16/h4-5,8-9,17H,3,6-7,10H2,1-2H3. The van der Waals surface area contributed by atoms with Crippen LogP contribution in [0, 0.1) is 11.6 Å². The molecule has 0 aliphatic carbocycles. The molecule has 1 N–H and O–H groups in total. The number of hydrogen-bond donors (Lipinski definition) is 1. The minimum Gasteiger partial charge on any atom is -0.383 e. The first kappa shape index (κ1) is 14.8. The van der Waals surface area contributed by atoms with Gasteiger partial charge in [0, 0.05) is 25.8 Å². The topological polar surface area (TPSA) is 21.3 Å². The highest BCUT2D eigenvalue weighted by Crippen LogP contribution is 2.14. The first-order chi connectivity index (χ1) is 8.67. The smallest absolute Gasteiger partial charge is 0.130 e. The number of hydrogen-bond acceptors (Lipinski definition) is 2. The summed E-state index contributed by atoms with van der Waals surface area (Å²) in [6.45, 7) is 4.00. The van der Waals surface area contributed by atoms with Crippen LogP contribution in [-0.2, 0) is 4.74 Å². The molecule has 1 aromatic rings. The van der Waals surface area contributed by atoms with Gasteiger partial charge in [-0.2, -0.15) is 0 Å². The first-order valence-electron chi connectivity index (χ1n) is 6.01. The average molecular weight is 255 g/mol. The van der Waals surface area contributed by atoms with Gasteiger partial charge in [-0.25, -0.2) is 8.78 Å². The molecular weight excluding hydrogens is 236 g/mol. The Morgan fingerprint density at radius 3 is 2.83 bits per heavy atom. The molecule has 0 spiro atoms. The molecule has 0 amide bonds. The number of benzene rings is 1. The molecule has 1 aromatic carbocycles. The van der Waals surface area contributed by atoms with Gasteiger partial charge in [-0.3, -0.25) is 0 Å². The lowest BCUT2D eigenvalue weighted by Gasteiger charge is -2.07. The number of halogens is 2. The van der Waals surface area contributed by atoms with Crippen LogP contribution in [0.2, 0.25) is 0 Å². The van der Waals surface area contributed by atoms with Crippen LogP contribution in [0.5, 0.6) is 0 Å². The second-order valence-corrected chi connectivity index (χ2v) is 3.99. The van der Waals surface area contributed by atoms with Crippen molar-refractivity contribution in [2.45, 2.75) is 13.3 Å². The Labute approximate surface area is 107 Å². The molecule has 100 valence electrons. The van der Waals surface area contributed by atoms with E-state index in [0.29, 0.717) is 18.7 Å². The van der Waals surface area contributed by atoms with E-state index >= 15 is 0 Å². The van der Waals surface area contributed by atoms with Crippen molar-refractivity contribution < 1.29 is 13.5 Å². The third-order valence-electron chi connectivity index (χ3n) is 2.61. The number of rotatable bonds is 7. The SMILES string of the molecule is CCC(=Cc1cc(F)ccc1F)CNCCOC. The monoisotopic (exact) mass is 255 g/mol.